The van der Waals surface area contributed by atoms with Crippen molar-refractivity contribution in [3.63, 3.8) is 0 Å². The van der Waals surface area contributed by atoms with Gasteiger partial charge in [-0.05, 0) is 41.5 Å². The first-order chi connectivity index (χ1) is 9.95. The second kappa shape index (κ2) is 6.02. The topological polar surface area (TPSA) is 48.6 Å². The Morgan fingerprint density at radius 2 is 1.48 bits per heavy atom. The second-order valence-electron chi connectivity index (χ2n) is 4.53. The number of rotatable bonds is 2. The zero-order valence-corrected chi connectivity index (χ0v) is 16.7. The van der Waals surface area contributed by atoms with Crippen molar-refractivity contribution in [2.24, 2.45) is 0 Å². The molecule has 0 aliphatic heterocycles. The van der Waals surface area contributed by atoms with Crippen LogP contribution in [-0.4, -0.2) is 9.97 Å². The van der Waals surface area contributed by atoms with Crippen LogP contribution >= 0.6 is 63.7 Å². The molecule has 3 nitrogen and oxygen atoms in total. The zero-order chi connectivity index (χ0) is 15.1. The molecule has 1 atom stereocenters. The number of fused-ring (bicyclic) bond motifs is 1. The molecule has 21 heavy (non-hydrogen) atoms. The summed E-state index contributed by atoms with van der Waals surface area (Å²) in [4.78, 5) is 16.9. The van der Waals surface area contributed by atoms with Crippen LogP contribution in [0.3, 0.4) is 0 Å². The number of imidazole rings is 1. The summed E-state index contributed by atoms with van der Waals surface area (Å²) in [6, 6.07) is 9.90. The van der Waals surface area contributed by atoms with E-state index in [9.17, 15) is 4.79 Å². The van der Waals surface area contributed by atoms with Gasteiger partial charge in [-0.3, -0.25) is 0 Å². The highest BCUT2D eigenvalue weighted by Crippen LogP contribution is 2.40. The number of hydrogen-bond acceptors (Lipinski definition) is 1. The number of benzene rings is 2. The van der Waals surface area contributed by atoms with E-state index in [0.29, 0.717) is 0 Å². The van der Waals surface area contributed by atoms with Crippen molar-refractivity contribution in [3.05, 3.63) is 65.4 Å². The Morgan fingerprint density at radius 3 is 2.19 bits per heavy atom. The molecule has 0 saturated carbocycles. The number of nitrogens with one attached hydrogen (secondary N) is 2. The number of halogens is 4. The SMILES string of the molecule is O=c1[nH]c2cc(Br)c(C(Br)c3cc(Br)ccc3Br)cc2[nH]1. The standard InChI is InChI=1S/C14H8Br4N2O/c15-6-1-2-9(16)7(3-6)13(18)8-4-11-12(5-10(8)17)20-14(21)19-11/h1-5,13H,(H2,19,20,21). The fourth-order valence-electron chi connectivity index (χ4n) is 2.14. The maximum absolute atomic E-state index is 11.4. The molecule has 0 fully saturated rings. The average Bonchev–Trinajstić information content (AvgIpc) is 2.79. The van der Waals surface area contributed by atoms with Crippen LogP contribution in [0.4, 0.5) is 0 Å². The maximum atomic E-state index is 11.4. The highest BCUT2D eigenvalue weighted by Gasteiger charge is 2.18. The lowest BCUT2D eigenvalue weighted by Gasteiger charge is -2.15. The summed E-state index contributed by atoms with van der Waals surface area (Å²) in [5, 5.41) is 0. The smallest absolute Gasteiger partial charge is 0.306 e. The number of H-pyrrole nitrogens is 2. The molecule has 0 aliphatic rings. The summed E-state index contributed by atoms with van der Waals surface area (Å²) in [5.74, 6) is 0. The van der Waals surface area contributed by atoms with Crippen molar-refractivity contribution in [1.29, 1.82) is 0 Å². The molecule has 3 aromatic rings. The van der Waals surface area contributed by atoms with Crippen molar-refractivity contribution >= 4 is 74.8 Å². The zero-order valence-electron chi connectivity index (χ0n) is 10.4. The van der Waals surface area contributed by atoms with Gasteiger partial charge in [-0.15, -0.1) is 0 Å². The van der Waals surface area contributed by atoms with Crippen LogP contribution in [0.5, 0.6) is 0 Å². The van der Waals surface area contributed by atoms with Crippen LogP contribution < -0.4 is 5.69 Å². The number of aromatic amines is 2. The first-order valence-corrected chi connectivity index (χ1v) is 9.25. The monoisotopic (exact) mass is 536 g/mol. The van der Waals surface area contributed by atoms with E-state index in [1.54, 1.807) is 0 Å². The van der Waals surface area contributed by atoms with Gasteiger partial charge in [-0.25, -0.2) is 4.79 Å². The van der Waals surface area contributed by atoms with E-state index in [1.165, 1.54) is 0 Å². The van der Waals surface area contributed by atoms with Gasteiger partial charge in [0.15, 0.2) is 0 Å². The minimum absolute atomic E-state index is 0.0125. The Hall–Kier alpha value is -0.370. The predicted molar refractivity (Wildman–Crippen MR) is 99.2 cm³/mol. The number of alkyl halides is 1. The minimum atomic E-state index is -0.205. The molecule has 108 valence electrons. The molecule has 7 heteroatoms. The number of aromatic nitrogens is 2. The summed E-state index contributed by atoms with van der Waals surface area (Å²) in [5.41, 5.74) is 3.50. The van der Waals surface area contributed by atoms with Gasteiger partial charge in [-0.2, -0.15) is 0 Å². The van der Waals surface area contributed by atoms with Gasteiger partial charge in [0.2, 0.25) is 0 Å². The molecule has 0 bridgehead atoms. The lowest BCUT2D eigenvalue weighted by Crippen LogP contribution is -1.99. The van der Waals surface area contributed by atoms with E-state index in [0.717, 1.165) is 35.6 Å². The van der Waals surface area contributed by atoms with E-state index in [-0.39, 0.29) is 10.5 Å². The van der Waals surface area contributed by atoms with Gasteiger partial charge in [-0.1, -0.05) is 63.7 Å². The van der Waals surface area contributed by atoms with Gasteiger partial charge >= 0.3 is 5.69 Å². The van der Waals surface area contributed by atoms with E-state index in [4.69, 9.17) is 0 Å². The van der Waals surface area contributed by atoms with Crippen molar-refractivity contribution in [2.45, 2.75) is 4.83 Å². The summed E-state index contributed by atoms with van der Waals surface area (Å²) in [6.45, 7) is 0. The van der Waals surface area contributed by atoms with Gasteiger partial charge in [0.1, 0.15) is 0 Å². The van der Waals surface area contributed by atoms with E-state index < -0.39 is 0 Å². The van der Waals surface area contributed by atoms with Crippen molar-refractivity contribution in [3.8, 4) is 0 Å². The minimum Gasteiger partial charge on any atom is -0.306 e. The Bertz CT molecular complexity index is 884. The third kappa shape index (κ3) is 3.06. The van der Waals surface area contributed by atoms with Gasteiger partial charge in [0.05, 0.1) is 15.9 Å². The lowest BCUT2D eigenvalue weighted by atomic mass is 10.0. The first kappa shape index (κ1) is 15.5. The Balaban J connectivity index is 2.16. The fourth-order valence-corrected chi connectivity index (χ4v) is 4.94. The van der Waals surface area contributed by atoms with E-state index in [2.05, 4.69) is 79.8 Å². The van der Waals surface area contributed by atoms with Crippen LogP contribution in [0.2, 0.25) is 0 Å². The van der Waals surface area contributed by atoms with Crippen LogP contribution in [-0.2, 0) is 0 Å². The first-order valence-electron chi connectivity index (χ1n) is 5.96. The molecular weight excluding hydrogens is 532 g/mol. The molecule has 1 aromatic heterocycles. The second-order valence-corrected chi connectivity index (χ2v) is 8.07. The molecule has 0 saturated heterocycles. The Morgan fingerprint density at radius 1 is 0.857 bits per heavy atom. The van der Waals surface area contributed by atoms with Crippen molar-refractivity contribution < 1.29 is 0 Å². The molecule has 2 N–H and O–H groups in total. The summed E-state index contributed by atoms with van der Waals surface area (Å²) in [6.07, 6.45) is 0. The van der Waals surface area contributed by atoms with Crippen molar-refractivity contribution in [2.75, 3.05) is 0 Å². The quantitative estimate of drug-likeness (QED) is 0.408. The van der Waals surface area contributed by atoms with Crippen LogP contribution in [0.15, 0.2) is 48.5 Å². The third-order valence-electron chi connectivity index (χ3n) is 3.14. The van der Waals surface area contributed by atoms with Gasteiger partial charge < -0.3 is 9.97 Å². The molecule has 3 rings (SSSR count). The van der Waals surface area contributed by atoms with E-state index >= 15 is 0 Å². The third-order valence-corrected chi connectivity index (χ3v) is 6.03. The Labute approximate surface area is 154 Å². The lowest BCUT2D eigenvalue weighted by molar-refractivity contribution is 1.15. The van der Waals surface area contributed by atoms with Crippen LogP contribution in [0.1, 0.15) is 16.0 Å². The van der Waals surface area contributed by atoms with Crippen molar-refractivity contribution in [1.82, 2.24) is 9.97 Å². The predicted octanol–water partition coefficient (Wildman–Crippen LogP) is 5.63. The molecule has 1 heterocycles. The summed E-state index contributed by atoms with van der Waals surface area (Å²) in [7, 11) is 0. The highest BCUT2D eigenvalue weighted by molar-refractivity contribution is 9.11. The summed E-state index contributed by atoms with van der Waals surface area (Å²) >= 11 is 14.4. The maximum Gasteiger partial charge on any atom is 0.323 e. The molecule has 2 aromatic carbocycles. The normalized spacial score (nSPS) is 12.8. The van der Waals surface area contributed by atoms with Gasteiger partial charge in [0, 0.05) is 13.4 Å². The molecule has 0 amide bonds. The molecule has 0 radical (unpaired) electrons. The van der Waals surface area contributed by atoms with Gasteiger partial charge in [0.25, 0.3) is 0 Å². The highest BCUT2D eigenvalue weighted by atomic mass is 79.9. The number of hydrogen-bond donors (Lipinski definition) is 2. The van der Waals surface area contributed by atoms with E-state index in [1.807, 2.05) is 24.3 Å². The van der Waals surface area contributed by atoms with Crippen LogP contribution in [0, 0.1) is 0 Å². The Kier molecular flexibility index (Phi) is 4.45. The average molecular weight is 540 g/mol. The van der Waals surface area contributed by atoms with Crippen LogP contribution in [0.25, 0.3) is 11.0 Å². The largest absolute Gasteiger partial charge is 0.323 e. The summed E-state index contributed by atoms with van der Waals surface area (Å²) < 4.78 is 2.96. The molecule has 0 spiro atoms. The fraction of sp³-hybridized carbons (Fsp3) is 0.0714. The molecular formula is C14H8Br4N2O. The molecule has 0 aliphatic carbocycles. The molecule has 1 unspecified atom stereocenters.